The molecule has 2 unspecified atom stereocenters. The topological polar surface area (TPSA) is 29.3 Å². The van der Waals surface area contributed by atoms with E-state index in [-0.39, 0.29) is 0 Å². The Bertz CT molecular complexity index is 503. The highest BCUT2D eigenvalue weighted by atomic mass is 15.2. The third-order valence-corrected chi connectivity index (χ3v) is 3.78. The zero-order valence-corrected chi connectivity index (χ0v) is 10.3. The average Bonchev–Trinajstić information content (AvgIpc) is 2.93. The Morgan fingerprint density at radius 1 is 1.41 bits per heavy atom. The summed E-state index contributed by atoms with van der Waals surface area (Å²) in [4.78, 5) is 0. The van der Waals surface area contributed by atoms with E-state index in [1.165, 1.54) is 30.3 Å². The standard InChI is InChI=1S/C14H19N3/c1-11-5-6-13(8-11)15-9-12-10-16-17-7-3-2-4-14(12)17/h2-4,7,10-11,13,15H,5-6,8-9H2,1H3. The predicted octanol–water partition coefficient (Wildman–Crippen LogP) is 2.61. The first-order valence-corrected chi connectivity index (χ1v) is 6.47. The van der Waals surface area contributed by atoms with Crippen LogP contribution >= 0.6 is 0 Å². The molecule has 1 N–H and O–H groups in total. The highest BCUT2D eigenvalue weighted by molar-refractivity contribution is 5.53. The summed E-state index contributed by atoms with van der Waals surface area (Å²) in [6, 6.07) is 6.90. The summed E-state index contributed by atoms with van der Waals surface area (Å²) in [7, 11) is 0. The Hall–Kier alpha value is -1.35. The SMILES string of the molecule is CC1CCC(NCc2cnn3ccccc23)C1. The number of nitrogens with one attached hydrogen (secondary N) is 1. The molecule has 90 valence electrons. The molecule has 2 heterocycles. The molecule has 0 saturated heterocycles. The third-order valence-electron chi connectivity index (χ3n) is 3.78. The molecular weight excluding hydrogens is 210 g/mol. The van der Waals surface area contributed by atoms with Crippen LogP contribution in [0.5, 0.6) is 0 Å². The number of rotatable bonds is 3. The van der Waals surface area contributed by atoms with Crippen LogP contribution in [0.25, 0.3) is 5.52 Å². The van der Waals surface area contributed by atoms with Gasteiger partial charge in [0, 0.05) is 24.3 Å². The first-order chi connectivity index (χ1) is 8.33. The van der Waals surface area contributed by atoms with Crippen LogP contribution in [0.15, 0.2) is 30.6 Å². The van der Waals surface area contributed by atoms with Crippen molar-refractivity contribution < 1.29 is 0 Å². The van der Waals surface area contributed by atoms with Crippen molar-refractivity contribution in [2.45, 2.75) is 38.8 Å². The molecule has 3 heteroatoms. The highest BCUT2D eigenvalue weighted by Gasteiger charge is 2.20. The lowest BCUT2D eigenvalue weighted by Gasteiger charge is -2.11. The van der Waals surface area contributed by atoms with E-state index in [1.807, 2.05) is 23.0 Å². The molecule has 3 nitrogen and oxygen atoms in total. The van der Waals surface area contributed by atoms with Gasteiger partial charge in [0.15, 0.2) is 0 Å². The Labute approximate surface area is 102 Å². The Balaban J connectivity index is 1.69. The van der Waals surface area contributed by atoms with E-state index < -0.39 is 0 Å². The fourth-order valence-electron chi connectivity index (χ4n) is 2.77. The minimum Gasteiger partial charge on any atom is -0.310 e. The van der Waals surface area contributed by atoms with Crippen LogP contribution in [0, 0.1) is 5.92 Å². The first kappa shape index (κ1) is 10.8. The van der Waals surface area contributed by atoms with Crippen LogP contribution in [0.3, 0.4) is 0 Å². The van der Waals surface area contributed by atoms with E-state index in [4.69, 9.17) is 0 Å². The third kappa shape index (κ3) is 2.20. The van der Waals surface area contributed by atoms with Crippen LogP contribution in [0.1, 0.15) is 31.7 Å². The number of hydrogen-bond acceptors (Lipinski definition) is 2. The van der Waals surface area contributed by atoms with Gasteiger partial charge in [-0.1, -0.05) is 13.0 Å². The molecule has 1 saturated carbocycles. The number of hydrogen-bond donors (Lipinski definition) is 1. The minimum atomic E-state index is 0.698. The lowest BCUT2D eigenvalue weighted by atomic mass is 10.1. The second-order valence-electron chi connectivity index (χ2n) is 5.20. The zero-order valence-electron chi connectivity index (χ0n) is 10.3. The van der Waals surface area contributed by atoms with E-state index in [2.05, 4.69) is 29.5 Å². The molecule has 2 atom stereocenters. The fourth-order valence-corrected chi connectivity index (χ4v) is 2.77. The van der Waals surface area contributed by atoms with Gasteiger partial charge in [-0.05, 0) is 37.3 Å². The summed E-state index contributed by atoms with van der Waals surface area (Å²) in [5.74, 6) is 0.886. The summed E-state index contributed by atoms with van der Waals surface area (Å²) in [5, 5.41) is 8.01. The Morgan fingerprint density at radius 3 is 3.18 bits per heavy atom. The normalized spacial score (nSPS) is 24.5. The molecule has 2 aromatic heterocycles. The predicted molar refractivity (Wildman–Crippen MR) is 68.8 cm³/mol. The molecule has 17 heavy (non-hydrogen) atoms. The molecule has 2 aromatic rings. The Kier molecular flexibility index (Phi) is 2.85. The highest BCUT2D eigenvalue weighted by Crippen LogP contribution is 2.25. The second kappa shape index (κ2) is 4.49. The summed E-state index contributed by atoms with van der Waals surface area (Å²) < 4.78 is 1.94. The van der Waals surface area contributed by atoms with Gasteiger partial charge in [-0.2, -0.15) is 5.10 Å². The van der Waals surface area contributed by atoms with Gasteiger partial charge in [0.25, 0.3) is 0 Å². The summed E-state index contributed by atoms with van der Waals surface area (Å²) in [6.07, 6.45) is 7.98. The van der Waals surface area contributed by atoms with Crippen molar-refractivity contribution in [1.82, 2.24) is 14.9 Å². The summed E-state index contributed by atoms with van der Waals surface area (Å²) in [5.41, 5.74) is 2.51. The van der Waals surface area contributed by atoms with E-state index in [0.29, 0.717) is 6.04 Å². The Morgan fingerprint density at radius 2 is 2.35 bits per heavy atom. The molecule has 0 spiro atoms. The molecule has 0 aromatic carbocycles. The molecule has 0 radical (unpaired) electrons. The number of nitrogens with zero attached hydrogens (tertiary/aromatic N) is 2. The molecular formula is C14H19N3. The van der Waals surface area contributed by atoms with Crippen LogP contribution in [-0.2, 0) is 6.54 Å². The van der Waals surface area contributed by atoms with Crippen LogP contribution in [-0.4, -0.2) is 15.7 Å². The van der Waals surface area contributed by atoms with E-state index >= 15 is 0 Å². The number of pyridine rings is 1. The van der Waals surface area contributed by atoms with E-state index in [0.717, 1.165) is 12.5 Å². The zero-order chi connectivity index (χ0) is 11.7. The molecule has 1 aliphatic carbocycles. The summed E-state index contributed by atoms with van der Waals surface area (Å²) >= 11 is 0. The quantitative estimate of drug-likeness (QED) is 0.876. The number of fused-ring (bicyclic) bond motifs is 1. The van der Waals surface area contributed by atoms with Crippen LogP contribution < -0.4 is 5.32 Å². The fraction of sp³-hybridized carbons (Fsp3) is 0.500. The smallest absolute Gasteiger partial charge is 0.0706 e. The molecule has 0 aliphatic heterocycles. The van der Waals surface area contributed by atoms with Crippen molar-refractivity contribution >= 4 is 5.52 Å². The first-order valence-electron chi connectivity index (χ1n) is 6.47. The van der Waals surface area contributed by atoms with Crippen LogP contribution in [0.2, 0.25) is 0 Å². The van der Waals surface area contributed by atoms with Gasteiger partial charge in [-0.25, -0.2) is 4.52 Å². The van der Waals surface area contributed by atoms with E-state index in [1.54, 1.807) is 0 Å². The lowest BCUT2D eigenvalue weighted by Crippen LogP contribution is -2.25. The average molecular weight is 229 g/mol. The van der Waals surface area contributed by atoms with Gasteiger partial charge in [-0.3, -0.25) is 0 Å². The van der Waals surface area contributed by atoms with Crippen molar-refractivity contribution in [2.24, 2.45) is 5.92 Å². The lowest BCUT2D eigenvalue weighted by molar-refractivity contribution is 0.503. The van der Waals surface area contributed by atoms with E-state index in [9.17, 15) is 0 Å². The minimum absolute atomic E-state index is 0.698. The van der Waals surface area contributed by atoms with Crippen molar-refractivity contribution in [1.29, 1.82) is 0 Å². The van der Waals surface area contributed by atoms with Gasteiger partial charge in [0.2, 0.25) is 0 Å². The van der Waals surface area contributed by atoms with Crippen molar-refractivity contribution in [3.05, 3.63) is 36.2 Å². The van der Waals surface area contributed by atoms with Crippen molar-refractivity contribution in [3.8, 4) is 0 Å². The second-order valence-corrected chi connectivity index (χ2v) is 5.20. The molecule has 1 fully saturated rings. The van der Waals surface area contributed by atoms with Crippen LogP contribution in [0.4, 0.5) is 0 Å². The maximum atomic E-state index is 4.36. The van der Waals surface area contributed by atoms with Gasteiger partial charge in [-0.15, -0.1) is 0 Å². The molecule has 0 amide bonds. The van der Waals surface area contributed by atoms with Crippen molar-refractivity contribution in [3.63, 3.8) is 0 Å². The van der Waals surface area contributed by atoms with Gasteiger partial charge in [0.05, 0.1) is 11.7 Å². The molecule has 3 rings (SSSR count). The largest absolute Gasteiger partial charge is 0.310 e. The molecule has 1 aliphatic rings. The van der Waals surface area contributed by atoms with Gasteiger partial charge < -0.3 is 5.32 Å². The monoisotopic (exact) mass is 229 g/mol. The van der Waals surface area contributed by atoms with Gasteiger partial charge >= 0.3 is 0 Å². The number of aromatic nitrogens is 2. The van der Waals surface area contributed by atoms with Gasteiger partial charge in [0.1, 0.15) is 0 Å². The molecule has 0 bridgehead atoms. The van der Waals surface area contributed by atoms with Crippen molar-refractivity contribution in [2.75, 3.05) is 0 Å². The summed E-state index contributed by atoms with van der Waals surface area (Å²) in [6.45, 7) is 3.28. The maximum absolute atomic E-state index is 4.36. The maximum Gasteiger partial charge on any atom is 0.0706 e.